The highest BCUT2D eigenvalue weighted by atomic mass is 32.2. The molecule has 0 radical (unpaired) electrons. The zero-order chi connectivity index (χ0) is 27.1. The van der Waals surface area contributed by atoms with Crippen LogP contribution >= 0.6 is 11.8 Å². The molecule has 0 aromatic heterocycles. The molecular formula is C25H31N3O8S. The van der Waals surface area contributed by atoms with Crippen LogP contribution in [-0.2, 0) is 28.7 Å². The molecule has 37 heavy (non-hydrogen) atoms. The van der Waals surface area contributed by atoms with Crippen molar-refractivity contribution in [1.82, 2.24) is 10.2 Å². The number of carbonyl (C=O) groups is 5. The average molecular weight is 534 g/mol. The zero-order valence-corrected chi connectivity index (χ0v) is 21.4. The van der Waals surface area contributed by atoms with Crippen LogP contribution in [0.5, 0.6) is 0 Å². The Labute approximate surface area is 218 Å². The van der Waals surface area contributed by atoms with Crippen LogP contribution in [-0.4, -0.2) is 73.6 Å². The molecule has 4 rings (SSSR count). The molecule has 3 aliphatic rings. The number of nitrogens with one attached hydrogen (secondary N) is 1. The van der Waals surface area contributed by atoms with E-state index in [2.05, 4.69) is 5.32 Å². The van der Waals surface area contributed by atoms with Crippen molar-refractivity contribution in [2.75, 3.05) is 6.61 Å². The van der Waals surface area contributed by atoms with Crippen molar-refractivity contribution < 1.29 is 38.9 Å². The molecule has 1 aromatic rings. The minimum atomic E-state index is -1.36. The number of carboxylic acids is 2. The average Bonchev–Trinajstić information content (AvgIpc) is 3.13. The normalized spacial score (nSPS) is 31.0. The number of ether oxygens (including phenoxy) is 1. The second-order valence-corrected chi connectivity index (χ2v) is 12.2. The van der Waals surface area contributed by atoms with Crippen LogP contribution < -0.4 is 11.1 Å². The molecular weight excluding hydrogens is 502 g/mol. The first kappa shape index (κ1) is 26.9. The lowest BCUT2D eigenvalue weighted by Crippen LogP contribution is -2.71. The van der Waals surface area contributed by atoms with E-state index in [0.29, 0.717) is 5.56 Å². The summed E-state index contributed by atoms with van der Waals surface area (Å²) in [6.45, 7) is 3.17. The number of amides is 2. The highest BCUT2D eigenvalue weighted by Gasteiger charge is 2.64. The van der Waals surface area contributed by atoms with Crippen molar-refractivity contribution in [3.8, 4) is 0 Å². The van der Waals surface area contributed by atoms with Crippen LogP contribution in [0.2, 0.25) is 0 Å². The predicted molar refractivity (Wildman–Crippen MR) is 132 cm³/mol. The predicted octanol–water partition coefficient (Wildman–Crippen LogP) is 1.12. The number of carboxylic acid groups (broad SMARTS) is 2. The van der Waals surface area contributed by atoms with Crippen LogP contribution in [0.3, 0.4) is 0 Å². The third-order valence-electron chi connectivity index (χ3n) is 7.64. The van der Waals surface area contributed by atoms with Crippen molar-refractivity contribution in [2.45, 2.75) is 67.8 Å². The highest BCUT2D eigenvalue weighted by Crippen LogP contribution is 2.51. The first-order chi connectivity index (χ1) is 17.4. The molecule has 0 spiro atoms. The van der Waals surface area contributed by atoms with Crippen LogP contribution in [0.25, 0.3) is 0 Å². The lowest BCUT2D eigenvalue weighted by molar-refractivity contribution is -0.172. The fourth-order valence-electron chi connectivity index (χ4n) is 5.31. The van der Waals surface area contributed by atoms with Gasteiger partial charge in [0.25, 0.3) is 0 Å². The van der Waals surface area contributed by atoms with Gasteiger partial charge in [-0.3, -0.25) is 19.2 Å². The third-order valence-corrected chi connectivity index (χ3v) is 9.21. The van der Waals surface area contributed by atoms with Gasteiger partial charge in [0.15, 0.2) is 0 Å². The van der Waals surface area contributed by atoms with E-state index in [1.165, 1.54) is 16.7 Å². The molecule has 2 aliphatic heterocycles. The van der Waals surface area contributed by atoms with Crippen molar-refractivity contribution in [1.29, 1.82) is 0 Å². The van der Waals surface area contributed by atoms with E-state index in [4.69, 9.17) is 10.5 Å². The number of nitrogens with zero attached hydrogens (tertiary/aromatic N) is 1. The molecule has 11 nitrogen and oxygen atoms in total. The molecule has 1 aromatic carbocycles. The Hall–Kier alpha value is -3.12. The van der Waals surface area contributed by atoms with Gasteiger partial charge in [-0.1, -0.05) is 30.3 Å². The second-order valence-electron chi connectivity index (χ2n) is 10.4. The smallest absolute Gasteiger partial charge is 0.330 e. The lowest BCUT2D eigenvalue weighted by Gasteiger charge is -2.44. The largest absolute Gasteiger partial charge is 0.481 e. The Morgan fingerprint density at radius 3 is 2.35 bits per heavy atom. The molecule has 2 amide bonds. The van der Waals surface area contributed by atoms with Gasteiger partial charge in [0, 0.05) is 4.75 Å². The van der Waals surface area contributed by atoms with E-state index in [-0.39, 0.29) is 25.7 Å². The molecule has 0 bridgehead atoms. The Balaban J connectivity index is 1.40. The molecule has 200 valence electrons. The monoisotopic (exact) mass is 533 g/mol. The second kappa shape index (κ2) is 9.97. The van der Waals surface area contributed by atoms with E-state index in [9.17, 15) is 34.2 Å². The molecule has 2 saturated heterocycles. The summed E-state index contributed by atoms with van der Waals surface area (Å²) in [5, 5.41) is 21.2. The Morgan fingerprint density at radius 1 is 1.16 bits per heavy atom. The van der Waals surface area contributed by atoms with Crippen LogP contribution in [0, 0.1) is 11.3 Å². The summed E-state index contributed by atoms with van der Waals surface area (Å²) in [5.41, 5.74) is 5.30. The highest BCUT2D eigenvalue weighted by molar-refractivity contribution is 8.01. The van der Waals surface area contributed by atoms with Gasteiger partial charge in [-0.2, -0.15) is 0 Å². The van der Waals surface area contributed by atoms with E-state index < -0.39 is 75.9 Å². The summed E-state index contributed by atoms with van der Waals surface area (Å²) < 4.78 is 4.74. The van der Waals surface area contributed by atoms with E-state index in [1.807, 2.05) is 0 Å². The van der Waals surface area contributed by atoms with Gasteiger partial charge in [0.05, 0.1) is 5.92 Å². The topological polar surface area (TPSA) is 176 Å². The van der Waals surface area contributed by atoms with Gasteiger partial charge >= 0.3 is 17.9 Å². The Bertz CT molecular complexity index is 1100. The maximum absolute atomic E-state index is 13.2. The fraction of sp³-hybridized carbons (Fsp3) is 0.560. The first-order valence-electron chi connectivity index (χ1n) is 12.1. The minimum Gasteiger partial charge on any atom is -0.481 e. The number of fused-ring (bicyclic) bond motifs is 1. The number of aliphatic carboxylic acids is 2. The molecule has 3 fully saturated rings. The van der Waals surface area contributed by atoms with Crippen LogP contribution in [0.4, 0.5) is 0 Å². The first-order valence-corrected chi connectivity index (χ1v) is 13.0. The Kier molecular flexibility index (Phi) is 7.26. The standard InChI is InChI=1S/C25H31N3O8S/c1-24(2)17(22(33)36-12-25(23(34)35)10-8-14(9-11-25)21(31)32)28-19(30)16(20(28)37-24)27-18(29)15(26)13-6-4-3-5-7-13/h3-7,14-17,20H,8-12,26H2,1-2H3,(H,27,29)(H,31,32)(H,34,35)/t14?,15?,16-,17+,20-,25?/m1/s1. The molecule has 5 N–H and O–H groups in total. The molecule has 12 heteroatoms. The number of rotatable bonds is 8. The summed E-state index contributed by atoms with van der Waals surface area (Å²) >= 11 is 1.35. The number of benzene rings is 1. The molecule has 4 atom stereocenters. The maximum Gasteiger partial charge on any atom is 0.330 e. The van der Waals surface area contributed by atoms with Gasteiger partial charge in [-0.25, -0.2) is 4.79 Å². The maximum atomic E-state index is 13.2. The SMILES string of the molecule is CC1(C)S[C@@H]2[C@H](NC(=O)C(N)c3ccccc3)C(=O)N2[C@H]1C(=O)OCC1(C(=O)O)CCC(C(=O)O)CC1. The molecule has 1 saturated carbocycles. The van der Waals surface area contributed by atoms with E-state index in [1.54, 1.807) is 44.2 Å². The number of esters is 1. The quantitative estimate of drug-likeness (QED) is 0.280. The molecule has 1 unspecified atom stereocenters. The van der Waals surface area contributed by atoms with Crippen molar-refractivity contribution in [2.24, 2.45) is 17.1 Å². The Morgan fingerprint density at radius 2 is 1.78 bits per heavy atom. The summed E-state index contributed by atoms with van der Waals surface area (Å²) in [6.07, 6.45) is 0.527. The van der Waals surface area contributed by atoms with Crippen molar-refractivity contribution in [3.05, 3.63) is 35.9 Å². The van der Waals surface area contributed by atoms with E-state index >= 15 is 0 Å². The number of β-lactam (4-membered cyclic amide) rings is 1. The summed E-state index contributed by atoms with van der Waals surface area (Å²) in [6, 6.07) is 6.00. The lowest BCUT2D eigenvalue weighted by atomic mass is 9.71. The van der Waals surface area contributed by atoms with Gasteiger partial charge in [-0.15, -0.1) is 11.8 Å². The van der Waals surface area contributed by atoms with Crippen LogP contribution in [0.1, 0.15) is 51.1 Å². The number of hydrogen-bond acceptors (Lipinski definition) is 8. The zero-order valence-electron chi connectivity index (χ0n) is 20.6. The summed E-state index contributed by atoms with van der Waals surface area (Å²) in [4.78, 5) is 63.6. The van der Waals surface area contributed by atoms with Gasteiger partial charge in [-0.05, 0) is 45.1 Å². The number of nitrogens with two attached hydrogens (primary N) is 1. The fourth-order valence-corrected chi connectivity index (χ4v) is 6.93. The number of hydrogen-bond donors (Lipinski definition) is 4. The van der Waals surface area contributed by atoms with Crippen LogP contribution in [0.15, 0.2) is 30.3 Å². The van der Waals surface area contributed by atoms with Gasteiger partial charge < -0.3 is 30.9 Å². The molecule has 1 aliphatic carbocycles. The molecule has 2 heterocycles. The van der Waals surface area contributed by atoms with Gasteiger partial charge in [0.2, 0.25) is 11.8 Å². The van der Waals surface area contributed by atoms with E-state index in [0.717, 1.165) is 0 Å². The number of thioether (sulfide) groups is 1. The van der Waals surface area contributed by atoms with Gasteiger partial charge in [0.1, 0.15) is 35.5 Å². The summed E-state index contributed by atoms with van der Waals surface area (Å²) in [7, 11) is 0. The number of carbonyl (C=O) groups excluding carboxylic acids is 3. The minimum absolute atomic E-state index is 0.0798. The summed E-state index contributed by atoms with van der Waals surface area (Å²) in [5.74, 6) is -4.38. The van der Waals surface area contributed by atoms with Crippen molar-refractivity contribution in [3.63, 3.8) is 0 Å². The third kappa shape index (κ3) is 4.91. The van der Waals surface area contributed by atoms with Crippen molar-refractivity contribution >= 4 is 41.5 Å².